The summed E-state index contributed by atoms with van der Waals surface area (Å²) < 4.78 is 21.6. The molecule has 6 N–H and O–H groups in total. The van der Waals surface area contributed by atoms with Crippen LogP contribution >= 0.6 is 0 Å². The lowest BCUT2D eigenvalue weighted by molar-refractivity contribution is -0.439. The highest BCUT2D eigenvalue weighted by Gasteiger charge is 2.71. The quantitative estimate of drug-likeness (QED) is 0.116. The summed E-state index contributed by atoms with van der Waals surface area (Å²) >= 11 is 0. The van der Waals surface area contributed by atoms with Gasteiger partial charge in [0.1, 0.15) is 6.23 Å². The lowest BCUT2D eigenvalue weighted by Crippen LogP contribution is -2.63. The van der Waals surface area contributed by atoms with Crippen molar-refractivity contribution < 1.29 is 44.5 Å². The predicted octanol–water partition coefficient (Wildman–Crippen LogP) is -0.444. The molecule has 0 spiro atoms. The van der Waals surface area contributed by atoms with Crippen LogP contribution in [0.4, 0.5) is 0 Å². The number of unbranched alkanes of at least 4 members (excludes halogenated alkanes) is 2. The Labute approximate surface area is 190 Å². The Kier molecular flexibility index (Phi) is 12.3. The van der Waals surface area contributed by atoms with Gasteiger partial charge < -0.3 is 44.5 Å². The van der Waals surface area contributed by atoms with Crippen molar-refractivity contribution in [2.24, 2.45) is 17.8 Å². The summed E-state index contributed by atoms with van der Waals surface area (Å²) in [4.78, 5) is 0. The molecular formula is C22H43NO9. The maximum atomic E-state index is 10.3. The lowest BCUT2D eigenvalue weighted by atomic mass is 9.89. The maximum absolute atomic E-state index is 10.3. The third-order valence-electron chi connectivity index (χ3n) is 6.20. The molecule has 2 fully saturated rings. The van der Waals surface area contributed by atoms with Crippen molar-refractivity contribution in [3.63, 3.8) is 0 Å². The van der Waals surface area contributed by atoms with Crippen molar-refractivity contribution in [2.45, 2.75) is 76.5 Å². The van der Waals surface area contributed by atoms with Crippen LogP contribution in [0.2, 0.25) is 0 Å². The van der Waals surface area contributed by atoms with Gasteiger partial charge in [-0.1, -0.05) is 33.1 Å². The molecule has 2 aliphatic rings. The molecule has 0 aromatic carbocycles. The number of nitrogens with one attached hydrogen (secondary N) is 1. The minimum atomic E-state index is -1.76. The molecule has 10 heteroatoms. The van der Waals surface area contributed by atoms with Crippen LogP contribution in [0.1, 0.15) is 46.0 Å². The average Bonchev–Trinajstić information content (AvgIpc) is 2.87. The van der Waals surface area contributed by atoms with Crippen LogP contribution in [0, 0.1) is 17.8 Å². The Morgan fingerprint density at radius 2 is 1.59 bits per heavy atom. The van der Waals surface area contributed by atoms with Crippen LogP contribution in [-0.2, 0) is 18.9 Å². The van der Waals surface area contributed by atoms with E-state index in [-0.39, 0.29) is 13.2 Å². The first-order valence-corrected chi connectivity index (χ1v) is 11.9. The summed E-state index contributed by atoms with van der Waals surface area (Å²) in [6, 6.07) is 0. The number of aliphatic hydroxyl groups is 5. The van der Waals surface area contributed by atoms with E-state index in [0.29, 0.717) is 26.4 Å². The topological polar surface area (TPSA) is 150 Å². The van der Waals surface area contributed by atoms with Gasteiger partial charge in [0.05, 0.1) is 63.7 Å². The zero-order valence-electron chi connectivity index (χ0n) is 19.4. The molecule has 1 heterocycles. The van der Waals surface area contributed by atoms with Gasteiger partial charge in [0.25, 0.3) is 0 Å². The average molecular weight is 466 g/mol. The van der Waals surface area contributed by atoms with E-state index < -0.39 is 49.0 Å². The van der Waals surface area contributed by atoms with E-state index in [1.807, 2.05) is 0 Å². The minimum absolute atomic E-state index is 0.189. The fourth-order valence-corrected chi connectivity index (χ4v) is 4.28. The van der Waals surface area contributed by atoms with Crippen LogP contribution in [-0.4, -0.2) is 102 Å². The lowest BCUT2D eigenvalue weighted by Gasteiger charge is -2.49. The molecule has 1 saturated carbocycles. The van der Waals surface area contributed by atoms with Gasteiger partial charge in [0.15, 0.2) is 12.1 Å². The standard InChI is InChI=1S/C22H43NO9/c1-15(2)6-4-3-5-7-17(25)23-8-9-29-10-11-30-12-13-31-21-18-20(27)19(26)16(14-24)22(18,28)32-21/h15-21,23-28H,3-14H2,1-2H3/t16?,17?,18?,19-,20?,21+,22?/m1/s1. The number of ether oxygens (including phenoxy) is 4. The second-order valence-electron chi connectivity index (χ2n) is 9.13. The van der Waals surface area contributed by atoms with E-state index in [4.69, 9.17) is 18.9 Å². The summed E-state index contributed by atoms with van der Waals surface area (Å²) in [6.45, 7) is 6.28. The molecular weight excluding hydrogens is 422 g/mol. The van der Waals surface area contributed by atoms with Gasteiger partial charge in [-0.25, -0.2) is 0 Å². The summed E-state index contributed by atoms with van der Waals surface area (Å²) in [7, 11) is 0. The second kappa shape index (κ2) is 14.1. The summed E-state index contributed by atoms with van der Waals surface area (Å²) in [5.41, 5.74) is 0. The number of rotatable bonds is 18. The van der Waals surface area contributed by atoms with Gasteiger partial charge in [0, 0.05) is 6.54 Å². The molecule has 5 unspecified atom stereocenters. The van der Waals surface area contributed by atoms with Crippen LogP contribution in [0.25, 0.3) is 0 Å². The van der Waals surface area contributed by atoms with E-state index in [9.17, 15) is 25.5 Å². The van der Waals surface area contributed by atoms with Gasteiger partial charge in [-0.15, -0.1) is 0 Å². The molecule has 1 aliphatic carbocycles. The molecule has 0 radical (unpaired) electrons. The van der Waals surface area contributed by atoms with E-state index in [1.165, 1.54) is 12.8 Å². The van der Waals surface area contributed by atoms with Crippen molar-refractivity contribution in [1.82, 2.24) is 5.32 Å². The van der Waals surface area contributed by atoms with Crippen molar-refractivity contribution in [3.05, 3.63) is 0 Å². The van der Waals surface area contributed by atoms with Gasteiger partial charge in [0.2, 0.25) is 0 Å². The van der Waals surface area contributed by atoms with E-state index in [2.05, 4.69) is 19.2 Å². The molecule has 0 amide bonds. The molecule has 190 valence electrons. The molecule has 0 aromatic heterocycles. The first-order valence-electron chi connectivity index (χ1n) is 11.9. The second-order valence-corrected chi connectivity index (χ2v) is 9.13. The van der Waals surface area contributed by atoms with Crippen molar-refractivity contribution in [2.75, 3.05) is 46.2 Å². The fourth-order valence-electron chi connectivity index (χ4n) is 4.28. The molecule has 32 heavy (non-hydrogen) atoms. The zero-order chi connectivity index (χ0) is 23.6. The molecule has 7 atom stereocenters. The van der Waals surface area contributed by atoms with Gasteiger partial charge in [-0.2, -0.15) is 0 Å². The fraction of sp³-hybridized carbons (Fsp3) is 1.00. The van der Waals surface area contributed by atoms with Crippen LogP contribution in [0.5, 0.6) is 0 Å². The van der Waals surface area contributed by atoms with Gasteiger partial charge in [-0.3, -0.25) is 5.32 Å². The van der Waals surface area contributed by atoms with Crippen molar-refractivity contribution >= 4 is 0 Å². The summed E-state index contributed by atoms with van der Waals surface area (Å²) in [5.74, 6) is -2.79. The largest absolute Gasteiger partial charge is 0.396 e. The molecule has 1 aliphatic heterocycles. The molecule has 0 aromatic rings. The smallest absolute Gasteiger partial charge is 0.186 e. The van der Waals surface area contributed by atoms with Crippen LogP contribution in [0.3, 0.4) is 0 Å². The SMILES string of the molecule is CC(C)CCCCCC(O)NCCOCCOCCO[C@H]1OC2(O)C1C(O)[C@H](O)C2CO. The van der Waals surface area contributed by atoms with E-state index >= 15 is 0 Å². The van der Waals surface area contributed by atoms with Crippen molar-refractivity contribution in [3.8, 4) is 0 Å². The Bertz CT molecular complexity index is 512. The van der Waals surface area contributed by atoms with Gasteiger partial charge >= 0.3 is 0 Å². The highest BCUT2D eigenvalue weighted by atomic mass is 16.8. The van der Waals surface area contributed by atoms with Crippen LogP contribution < -0.4 is 5.32 Å². The normalized spacial score (nSPS) is 32.8. The Balaban J connectivity index is 1.38. The zero-order valence-corrected chi connectivity index (χ0v) is 19.4. The summed E-state index contributed by atoms with van der Waals surface area (Å²) in [6.07, 6.45) is 1.54. The van der Waals surface area contributed by atoms with E-state index in [1.54, 1.807) is 0 Å². The third kappa shape index (κ3) is 7.83. The highest BCUT2D eigenvalue weighted by Crippen LogP contribution is 2.52. The molecule has 0 bridgehead atoms. The maximum Gasteiger partial charge on any atom is 0.186 e. The molecule has 10 nitrogen and oxygen atoms in total. The number of hydrogen-bond acceptors (Lipinski definition) is 10. The first kappa shape index (κ1) is 27.8. The predicted molar refractivity (Wildman–Crippen MR) is 115 cm³/mol. The van der Waals surface area contributed by atoms with Crippen molar-refractivity contribution in [1.29, 1.82) is 0 Å². The van der Waals surface area contributed by atoms with Gasteiger partial charge in [-0.05, 0) is 18.8 Å². The van der Waals surface area contributed by atoms with E-state index in [0.717, 1.165) is 25.2 Å². The highest BCUT2D eigenvalue weighted by molar-refractivity contribution is 5.09. The first-order chi connectivity index (χ1) is 15.3. The number of hydrogen-bond donors (Lipinski definition) is 6. The molecule has 2 rings (SSSR count). The Morgan fingerprint density at radius 1 is 0.938 bits per heavy atom. The Morgan fingerprint density at radius 3 is 2.28 bits per heavy atom. The minimum Gasteiger partial charge on any atom is -0.396 e. The Hall–Kier alpha value is -0.400. The number of aliphatic hydroxyl groups excluding tert-OH is 4. The molecule has 1 saturated heterocycles. The monoisotopic (exact) mass is 465 g/mol. The summed E-state index contributed by atoms with van der Waals surface area (Å²) in [5, 5.41) is 52.5. The third-order valence-corrected chi connectivity index (χ3v) is 6.20. The number of fused-ring (bicyclic) bond motifs is 1. The van der Waals surface area contributed by atoms with Crippen LogP contribution in [0.15, 0.2) is 0 Å².